The molecule has 2 aromatic rings. The van der Waals surface area contributed by atoms with E-state index in [2.05, 4.69) is 5.32 Å². The van der Waals surface area contributed by atoms with Crippen LogP contribution in [0.3, 0.4) is 0 Å². The highest BCUT2D eigenvalue weighted by atomic mass is 35.5. The molecular formula is C39H48ClFN4O10. The fourth-order valence-corrected chi connectivity index (χ4v) is 7.43. The zero-order valence-electron chi connectivity index (χ0n) is 32.1. The number of nitrogens with one attached hydrogen (secondary N) is 1. The maximum absolute atomic E-state index is 14.2. The summed E-state index contributed by atoms with van der Waals surface area (Å²) in [7, 11) is 5.77. The molecule has 0 aromatic heterocycles. The molecule has 16 heteroatoms. The summed E-state index contributed by atoms with van der Waals surface area (Å²) in [5, 5.41) is 14.4. The predicted molar refractivity (Wildman–Crippen MR) is 201 cm³/mol. The third-order valence-corrected chi connectivity index (χ3v) is 11.0. The normalized spacial score (nSPS) is 30.4. The smallest absolute Gasteiger partial charge is 0.409 e. The molecular weight excluding hydrogens is 739 g/mol. The van der Waals surface area contributed by atoms with Crippen molar-refractivity contribution < 1.29 is 52.4 Å². The molecule has 2 saturated heterocycles. The van der Waals surface area contributed by atoms with E-state index in [1.807, 2.05) is 13.0 Å². The summed E-state index contributed by atoms with van der Waals surface area (Å²) in [6.07, 6.45) is 0.439. The molecule has 0 aliphatic carbocycles. The molecule has 0 radical (unpaired) electrons. The first-order valence-corrected chi connectivity index (χ1v) is 18.1. The Balaban J connectivity index is 1.52. The molecule has 14 nitrogen and oxygen atoms in total. The molecule has 4 bridgehead atoms. The molecule has 3 aliphatic heterocycles. The number of ether oxygens (including phenoxy) is 5. The number of anilines is 2. The van der Waals surface area contributed by atoms with Crippen molar-refractivity contribution in [1.82, 2.24) is 10.2 Å². The van der Waals surface area contributed by atoms with E-state index in [0.29, 0.717) is 17.9 Å². The van der Waals surface area contributed by atoms with Crippen molar-refractivity contribution in [3.63, 3.8) is 0 Å². The van der Waals surface area contributed by atoms with E-state index in [1.54, 1.807) is 38.1 Å². The van der Waals surface area contributed by atoms with Crippen LogP contribution in [-0.4, -0.2) is 104 Å². The number of hydrogen-bond acceptors (Lipinski definition) is 11. The molecule has 0 spiro atoms. The third kappa shape index (κ3) is 8.75. The highest BCUT2D eigenvalue weighted by Gasteiger charge is 2.64. The minimum atomic E-state index is -1.86. The Morgan fingerprint density at radius 3 is 2.56 bits per heavy atom. The number of halogens is 2. The average Bonchev–Trinajstić information content (AvgIpc) is 3.82. The number of nitrogens with two attached hydrogens (primary N) is 1. The molecule has 8 atom stereocenters. The number of epoxide rings is 1. The van der Waals surface area contributed by atoms with Gasteiger partial charge in [0.05, 0.1) is 25.3 Å². The average molecular weight is 787 g/mol. The number of nitrogen functional groups attached to an aromatic ring is 1. The van der Waals surface area contributed by atoms with Crippen molar-refractivity contribution >= 4 is 46.9 Å². The lowest BCUT2D eigenvalue weighted by atomic mass is 9.83. The van der Waals surface area contributed by atoms with Gasteiger partial charge in [-0.3, -0.25) is 14.9 Å². The summed E-state index contributed by atoms with van der Waals surface area (Å²) < 4.78 is 43.2. The summed E-state index contributed by atoms with van der Waals surface area (Å²) >= 11 is 6.75. The van der Waals surface area contributed by atoms with Crippen molar-refractivity contribution in [2.24, 2.45) is 5.92 Å². The molecule has 55 heavy (non-hydrogen) atoms. The maximum atomic E-state index is 14.2. The van der Waals surface area contributed by atoms with E-state index in [0.717, 1.165) is 28.2 Å². The monoisotopic (exact) mass is 786 g/mol. The first-order chi connectivity index (χ1) is 25.8. The van der Waals surface area contributed by atoms with E-state index in [4.69, 9.17) is 41.0 Å². The lowest BCUT2D eigenvalue weighted by molar-refractivity contribution is -0.158. The second kappa shape index (κ2) is 16.2. The Morgan fingerprint density at radius 2 is 1.91 bits per heavy atom. The topological polar surface area (TPSA) is 182 Å². The van der Waals surface area contributed by atoms with Crippen molar-refractivity contribution in [1.29, 1.82) is 0 Å². The van der Waals surface area contributed by atoms with Crippen molar-refractivity contribution in [2.75, 3.05) is 38.9 Å². The zero-order valence-corrected chi connectivity index (χ0v) is 32.8. The van der Waals surface area contributed by atoms with E-state index < -0.39 is 77.4 Å². The van der Waals surface area contributed by atoms with Gasteiger partial charge in [-0.05, 0) is 63.1 Å². The number of benzene rings is 2. The van der Waals surface area contributed by atoms with Crippen LogP contribution < -0.4 is 20.7 Å². The summed E-state index contributed by atoms with van der Waals surface area (Å²) in [5.41, 5.74) is 4.56. The van der Waals surface area contributed by atoms with Gasteiger partial charge >= 0.3 is 12.1 Å². The molecule has 4 N–H and O–H groups in total. The van der Waals surface area contributed by atoms with Crippen LogP contribution in [0.25, 0.3) is 0 Å². The minimum absolute atomic E-state index is 0.0308. The van der Waals surface area contributed by atoms with Gasteiger partial charge in [-0.1, -0.05) is 42.3 Å². The number of likely N-dealkylation sites (N-methyl/N-ethyl adjacent to an activating group) is 1. The highest BCUT2D eigenvalue weighted by Crippen LogP contribution is 2.49. The van der Waals surface area contributed by atoms with Crippen LogP contribution in [0.1, 0.15) is 56.5 Å². The van der Waals surface area contributed by atoms with Gasteiger partial charge in [0.1, 0.15) is 46.5 Å². The first kappa shape index (κ1) is 41.5. The summed E-state index contributed by atoms with van der Waals surface area (Å²) in [6, 6.07) is 5.68. The molecule has 5 rings (SSSR count). The number of esters is 1. The van der Waals surface area contributed by atoms with Gasteiger partial charge in [-0.25, -0.2) is 14.0 Å². The number of fused-ring (bicyclic) bond motifs is 5. The Kier molecular flexibility index (Phi) is 12.2. The van der Waals surface area contributed by atoms with Crippen molar-refractivity contribution in [3.05, 3.63) is 76.1 Å². The van der Waals surface area contributed by atoms with Crippen molar-refractivity contribution in [2.45, 2.75) is 88.7 Å². The van der Waals surface area contributed by atoms with Crippen LogP contribution in [-0.2, 0) is 35.0 Å². The summed E-state index contributed by atoms with van der Waals surface area (Å²) in [5.74, 6) is -3.02. The number of carbonyl (C=O) groups is 4. The SMILES string of the molecule is COc1cc2cc(c1Cl)N(C)C(=O)C[C@H](OC(=O)[C@H](C)N(C)C(=O)c1cc(N)cc(F)c1)[C@]1(C)O[C@H]1[C@H](C)[C@@H]1C[C@@](O)(NC(=O)O1)[C@H](OC)/C=C/C=C(\C)C2. The second-order valence-corrected chi connectivity index (χ2v) is 15.0. The Labute approximate surface area is 324 Å². The largest absolute Gasteiger partial charge is 0.495 e. The molecule has 0 unspecified atom stereocenters. The van der Waals surface area contributed by atoms with Crippen LogP contribution in [0.2, 0.25) is 5.02 Å². The van der Waals surface area contributed by atoms with E-state index in [9.17, 15) is 28.7 Å². The van der Waals surface area contributed by atoms with E-state index in [-0.39, 0.29) is 29.1 Å². The molecule has 3 amide bonds. The van der Waals surface area contributed by atoms with Gasteiger partial charge in [-0.2, -0.15) is 0 Å². The fraction of sp³-hybridized carbons (Fsp3) is 0.487. The van der Waals surface area contributed by atoms with Crippen LogP contribution in [0.4, 0.5) is 20.6 Å². The molecule has 0 saturated carbocycles. The lowest BCUT2D eigenvalue weighted by Crippen LogP contribution is -2.63. The minimum Gasteiger partial charge on any atom is -0.495 e. The number of methoxy groups -OCH3 is 2. The van der Waals surface area contributed by atoms with Gasteiger partial charge in [0.25, 0.3) is 5.91 Å². The number of amides is 3. The number of aliphatic hydroxyl groups is 1. The predicted octanol–water partition coefficient (Wildman–Crippen LogP) is 4.55. The Hall–Kier alpha value is -4.70. The summed E-state index contributed by atoms with van der Waals surface area (Å²) in [4.78, 5) is 56.6. The number of carbonyl (C=O) groups excluding carboxylic acids is 4. The molecule has 2 aromatic carbocycles. The van der Waals surface area contributed by atoms with E-state index in [1.165, 1.54) is 46.2 Å². The van der Waals surface area contributed by atoms with Gasteiger partial charge in [-0.15, -0.1) is 0 Å². The molecule has 3 heterocycles. The lowest BCUT2D eigenvalue weighted by Gasteiger charge is -2.42. The summed E-state index contributed by atoms with van der Waals surface area (Å²) in [6.45, 7) is 6.76. The Bertz CT molecular complexity index is 1890. The van der Waals surface area contributed by atoms with Gasteiger partial charge < -0.3 is 44.3 Å². The number of rotatable bonds is 6. The molecule has 2 fully saturated rings. The zero-order chi connectivity index (χ0) is 40.6. The number of hydrogen-bond donors (Lipinski definition) is 3. The fourth-order valence-electron chi connectivity index (χ4n) is 7.12. The Morgan fingerprint density at radius 1 is 1.20 bits per heavy atom. The highest BCUT2D eigenvalue weighted by molar-refractivity contribution is 6.35. The van der Waals surface area contributed by atoms with Crippen LogP contribution in [0.5, 0.6) is 5.75 Å². The number of nitrogens with zero attached hydrogens (tertiary/aromatic N) is 2. The van der Waals surface area contributed by atoms with Crippen molar-refractivity contribution in [3.8, 4) is 5.75 Å². The van der Waals surface area contributed by atoms with Crippen LogP contribution in [0.15, 0.2) is 54.1 Å². The number of alkyl carbamates (subject to hydrolysis) is 1. The second-order valence-electron chi connectivity index (χ2n) is 14.6. The maximum Gasteiger partial charge on any atom is 0.409 e. The first-order valence-electron chi connectivity index (χ1n) is 17.7. The van der Waals surface area contributed by atoms with Crippen LogP contribution in [0, 0.1) is 11.7 Å². The van der Waals surface area contributed by atoms with E-state index >= 15 is 0 Å². The van der Waals surface area contributed by atoms with Gasteiger partial charge in [0.2, 0.25) is 5.91 Å². The molecule has 298 valence electrons. The molecule has 3 aliphatic rings. The third-order valence-electron chi connectivity index (χ3n) is 10.6. The number of allylic oxidation sites excluding steroid dienone is 3. The van der Waals surface area contributed by atoms with Crippen LogP contribution >= 0.6 is 11.6 Å². The standard InChI is InChI=1S/C39H48ClFN4O10/c1-20-10-9-11-30(52-8)39(50)19-29(53-37(49)43-39)21(2)34-38(4,55-34)31(18-32(46)45(6)27-13-23(12-20)14-28(51-7)33(27)40)54-36(48)22(3)44(5)35(47)24-15-25(41)17-26(42)16-24/h9-11,13-17,21-22,29-31,34,50H,12,18-19,42H2,1-8H3,(H,43,49)/b11-9+,20-10+/t21-,22+,29+,30-,31+,34+,38+,39+/m1/s1. The van der Waals surface area contributed by atoms with Gasteiger partial charge in [0, 0.05) is 44.8 Å². The quantitative estimate of drug-likeness (QED) is 0.212. The van der Waals surface area contributed by atoms with Gasteiger partial charge in [0.15, 0.2) is 5.72 Å².